The van der Waals surface area contributed by atoms with E-state index in [1.165, 1.54) is 19.8 Å². The maximum Gasteiger partial charge on any atom is 0.0454 e. The van der Waals surface area contributed by atoms with Crippen LogP contribution < -0.4 is 5.32 Å². The zero-order valence-electron chi connectivity index (χ0n) is 10.8. The van der Waals surface area contributed by atoms with Crippen molar-refractivity contribution in [2.75, 3.05) is 7.05 Å². The van der Waals surface area contributed by atoms with Crippen molar-refractivity contribution in [3.05, 3.63) is 55.6 Å². The first-order valence-corrected chi connectivity index (χ1v) is 9.12. The highest BCUT2D eigenvalue weighted by Crippen LogP contribution is 2.35. The molecule has 1 unspecified atom stereocenters. The van der Waals surface area contributed by atoms with Gasteiger partial charge in [0.15, 0.2) is 0 Å². The number of fused-ring (bicyclic) bond motifs is 1. The maximum absolute atomic E-state index is 6.32. The molecule has 0 saturated carbocycles. The summed E-state index contributed by atoms with van der Waals surface area (Å²) in [5.74, 6) is 0. The second-order valence-corrected chi connectivity index (χ2v) is 7.96. The van der Waals surface area contributed by atoms with Crippen molar-refractivity contribution < 1.29 is 0 Å². The van der Waals surface area contributed by atoms with Gasteiger partial charge in [-0.15, -0.1) is 22.7 Å². The molecule has 1 atom stereocenters. The van der Waals surface area contributed by atoms with E-state index in [0.717, 1.165) is 15.9 Å². The standard InChI is InChI=1S/C15H13BrClNS2/c1-18-12(6-9-2-3-10(16)7-11(9)17)14-8-15-13(20-14)4-5-19-15/h2-5,7-8,12,18H,6H2,1H3. The Hall–Kier alpha value is -0.390. The molecule has 0 radical (unpaired) electrons. The summed E-state index contributed by atoms with van der Waals surface area (Å²) in [6, 6.07) is 10.9. The molecule has 20 heavy (non-hydrogen) atoms. The van der Waals surface area contributed by atoms with Gasteiger partial charge in [-0.05, 0) is 48.7 Å². The summed E-state index contributed by atoms with van der Waals surface area (Å²) in [5, 5.41) is 6.37. The van der Waals surface area contributed by atoms with Gasteiger partial charge in [-0.2, -0.15) is 0 Å². The van der Waals surface area contributed by atoms with E-state index in [0.29, 0.717) is 6.04 Å². The van der Waals surface area contributed by atoms with E-state index in [1.807, 2.05) is 30.5 Å². The number of hydrogen-bond acceptors (Lipinski definition) is 3. The Morgan fingerprint density at radius 2 is 2.10 bits per heavy atom. The summed E-state index contributed by atoms with van der Waals surface area (Å²) >= 11 is 13.4. The van der Waals surface area contributed by atoms with Crippen LogP contribution in [0.1, 0.15) is 16.5 Å². The van der Waals surface area contributed by atoms with Gasteiger partial charge in [-0.1, -0.05) is 33.6 Å². The summed E-state index contributed by atoms with van der Waals surface area (Å²) in [5.41, 5.74) is 1.17. The number of benzene rings is 1. The number of halogens is 2. The summed E-state index contributed by atoms with van der Waals surface area (Å²) in [6.07, 6.45) is 0.899. The van der Waals surface area contributed by atoms with Crippen molar-refractivity contribution in [1.29, 1.82) is 0 Å². The van der Waals surface area contributed by atoms with Crippen LogP contribution in [0.15, 0.2) is 40.2 Å². The van der Waals surface area contributed by atoms with Crippen LogP contribution in [0, 0.1) is 0 Å². The average molecular weight is 387 g/mol. The van der Waals surface area contributed by atoms with E-state index in [2.05, 4.69) is 44.8 Å². The molecule has 2 heterocycles. The lowest BCUT2D eigenvalue weighted by molar-refractivity contribution is 0.602. The highest BCUT2D eigenvalue weighted by Gasteiger charge is 2.15. The number of thiophene rings is 2. The van der Waals surface area contributed by atoms with Gasteiger partial charge in [-0.3, -0.25) is 0 Å². The van der Waals surface area contributed by atoms with E-state index in [-0.39, 0.29) is 0 Å². The number of nitrogens with one attached hydrogen (secondary N) is 1. The molecule has 2 aromatic heterocycles. The summed E-state index contributed by atoms with van der Waals surface area (Å²) in [4.78, 5) is 1.37. The molecule has 0 amide bonds. The monoisotopic (exact) mass is 385 g/mol. The van der Waals surface area contributed by atoms with Crippen LogP contribution in [0.25, 0.3) is 9.40 Å². The molecule has 5 heteroatoms. The lowest BCUT2D eigenvalue weighted by Gasteiger charge is -2.15. The van der Waals surface area contributed by atoms with E-state index in [1.54, 1.807) is 11.3 Å². The molecule has 0 aliphatic rings. The van der Waals surface area contributed by atoms with Crippen LogP contribution in [0.2, 0.25) is 5.02 Å². The van der Waals surface area contributed by atoms with Gasteiger partial charge in [-0.25, -0.2) is 0 Å². The van der Waals surface area contributed by atoms with E-state index < -0.39 is 0 Å². The third-order valence-electron chi connectivity index (χ3n) is 3.29. The van der Waals surface area contributed by atoms with Crippen molar-refractivity contribution in [2.24, 2.45) is 0 Å². The van der Waals surface area contributed by atoms with Crippen LogP contribution in [0.3, 0.4) is 0 Å². The lowest BCUT2D eigenvalue weighted by atomic mass is 10.0. The van der Waals surface area contributed by atoms with Gasteiger partial charge in [0.05, 0.1) is 0 Å². The Balaban J connectivity index is 1.88. The zero-order chi connectivity index (χ0) is 14.1. The van der Waals surface area contributed by atoms with Crippen molar-refractivity contribution >= 4 is 59.6 Å². The molecule has 3 aromatic rings. The van der Waals surface area contributed by atoms with Crippen molar-refractivity contribution in [3.8, 4) is 0 Å². The molecule has 1 N–H and O–H groups in total. The first-order valence-electron chi connectivity index (χ1n) is 6.25. The van der Waals surface area contributed by atoms with Gasteiger partial charge >= 0.3 is 0 Å². The predicted molar refractivity (Wildman–Crippen MR) is 94.4 cm³/mol. The zero-order valence-corrected chi connectivity index (χ0v) is 14.8. The largest absolute Gasteiger partial charge is 0.312 e. The fraction of sp³-hybridized carbons (Fsp3) is 0.200. The van der Waals surface area contributed by atoms with E-state index in [4.69, 9.17) is 11.6 Å². The van der Waals surface area contributed by atoms with Gasteiger partial charge in [0, 0.05) is 29.8 Å². The molecule has 104 valence electrons. The molecule has 0 aliphatic heterocycles. The Morgan fingerprint density at radius 1 is 1.25 bits per heavy atom. The third-order valence-corrected chi connectivity index (χ3v) is 6.34. The molecular formula is C15H13BrClNS2. The quantitative estimate of drug-likeness (QED) is 0.590. The highest BCUT2D eigenvalue weighted by molar-refractivity contribution is 9.10. The van der Waals surface area contributed by atoms with Crippen LogP contribution in [-0.2, 0) is 6.42 Å². The molecule has 0 bridgehead atoms. The third kappa shape index (κ3) is 2.95. The Kier molecular flexibility index (Phi) is 4.48. The Morgan fingerprint density at radius 3 is 2.80 bits per heavy atom. The summed E-state index contributed by atoms with van der Waals surface area (Å²) in [7, 11) is 2.01. The van der Waals surface area contributed by atoms with Gasteiger partial charge < -0.3 is 5.32 Å². The molecular weight excluding hydrogens is 374 g/mol. The minimum Gasteiger partial charge on any atom is -0.312 e. The molecule has 0 spiro atoms. The van der Waals surface area contributed by atoms with Crippen molar-refractivity contribution in [2.45, 2.75) is 12.5 Å². The Bertz CT molecular complexity index is 706. The second-order valence-electron chi connectivity index (χ2n) is 4.58. The molecule has 0 saturated heterocycles. The van der Waals surface area contributed by atoms with Crippen LogP contribution >= 0.6 is 50.2 Å². The fourth-order valence-corrected chi connectivity index (χ4v) is 5.19. The second kappa shape index (κ2) is 6.16. The van der Waals surface area contributed by atoms with Crippen LogP contribution in [0.4, 0.5) is 0 Å². The minimum atomic E-state index is 0.304. The molecule has 0 aliphatic carbocycles. The molecule has 0 fully saturated rings. The fourth-order valence-electron chi connectivity index (χ4n) is 2.21. The first-order chi connectivity index (χ1) is 9.67. The Labute approximate surface area is 139 Å². The number of likely N-dealkylation sites (N-methyl/N-ethyl adjacent to an activating group) is 1. The normalized spacial score (nSPS) is 12.9. The average Bonchev–Trinajstić information content (AvgIpc) is 2.98. The topological polar surface area (TPSA) is 12.0 Å². The molecule has 1 aromatic carbocycles. The lowest BCUT2D eigenvalue weighted by Crippen LogP contribution is -2.17. The molecule has 1 nitrogen and oxygen atoms in total. The molecule has 3 rings (SSSR count). The van der Waals surface area contributed by atoms with Gasteiger partial charge in [0.25, 0.3) is 0 Å². The number of hydrogen-bond donors (Lipinski definition) is 1. The van der Waals surface area contributed by atoms with E-state index in [9.17, 15) is 0 Å². The smallest absolute Gasteiger partial charge is 0.0454 e. The van der Waals surface area contributed by atoms with Crippen LogP contribution in [0.5, 0.6) is 0 Å². The van der Waals surface area contributed by atoms with Gasteiger partial charge in [0.1, 0.15) is 0 Å². The van der Waals surface area contributed by atoms with Gasteiger partial charge in [0.2, 0.25) is 0 Å². The SMILES string of the molecule is CNC(Cc1ccc(Br)cc1Cl)c1cc2sccc2s1. The predicted octanol–water partition coefficient (Wildman–Crippen LogP) is 5.88. The number of rotatable bonds is 4. The van der Waals surface area contributed by atoms with Crippen molar-refractivity contribution in [3.63, 3.8) is 0 Å². The highest BCUT2D eigenvalue weighted by atomic mass is 79.9. The van der Waals surface area contributed by atoms with E-state index >= 15 is 0 Å². The first kappa shape index (κ1) is 14.5. The summed E-state index contributed by atoms with van der Waals surface area (Å²) < 4.78 is 3.75. The minimum absolute atomic E-state index is 0.304. The maximum atomic E-state index is 6.32. The van der Waals surface area contributed by atoms with Crippen LogP contribution in [-0.4, -0.2) is 7.05 Å². The summed E-state index contributed by atoms with van der Waals surface area (Å²) in [6.45, 7) is 0. The van der Waals surface area contributed by atoms with Crippen molar-refractivity contribution in [1.82, 2.24) is 5.32 Å².